The van der Waals surface area contributed by atoms with Crippen molar-refractivity contribution in [3.05, 3.63) is 59.9 Å². The summed E-state index contributed by atoms with van der Waals surface area (Å²) in [6, 6.07) is 12.0. The molecule has 1 N–H and O–H groups in total. The molecule has 0 saturated heterocycles. The number of hydrogen-bond acceptors (Lipinski definition) is 5. The summed E-state index contributed by atoms with van der Waals surface area (Å²) in [7, 11) is -0.727. The number of carbonyl (C=O) groups excluding carboxylic acids is 2. The number of halogens is 1. The van der Waals surface area contributed by atoms with E-state index in [0.29, 0.717) is 5.75 Å². The molecule has 1 unspecified atom stereocenters. The van der Waals surface area contributed by atoms with Gasteiger partial charge in [0.1, 0.15) is 17.6 Å². The number of ether oxygens (including phenoxy) is 1. The molecule has 0 radical (unpaired) electrons. The quantitative estimate of drug-likeness (QED) is 0.534. The van der Waals surface area contributed by atoms with E-state index < -0.39 is 21.9 Å². The number of rotatable bonds is 11. The zero-order valence-corrected chi connectivity index (χ0v) is 20.1. The van der Waals surface area contributed by atoms with Crippen LogP contribution in [-0.4, -0.2) is 58.1 Å². The minimum Gasteiger partial charge on any atom is -0.497 e. The van der Waals surface area contributed by atoms with Gasteiger partial charge >= 0.3 is 0 Å². The number of nitrogens with one attached hydrogen (secondary N) is 1. The van der Waals surface area contributed by atoms with Gasteiger partial charge in [0.05, 0.1) is 19.1 Å². The highest BCUT2D eigenvalue weighted by molar-refractivity contribution is 7.92. The fraction of sp³-hybridized carbons (Fsp3) is 0.391. The van der Waals surface area contributed by atoms with Crippen molar-refractivity contribution in [2.75, 3.05) is 31.3 Å². The molecule has 0 aromatic heterocycles. The monoisotopic (exact) mass is 479 g/mol. The molecule has 0 fully saturated rings. The summed E-state index contributed by atoms with van der Waals surface area (Å²) in [5.74, 6) is -0.686. The van der Waals surface area contributed by atoms with Crippen LogP contribution in [0.5, 0.6) is 5.75 Å². The zero-order chi connectivity index (χ0) is 24.6. The number of carbonyl (C=O) groups is 2. The van der Waals surface area contributed by atoms with Crippen molar-refractivity contribution < 1.29 is 27.1 Å². The van der Waals surface area contributed by atoms with Gasteiger partial charge in [-0.2, -0.15) is 0 Å². The molecule has 1 atom stereocenters. The third-order valence-electron chi connectivity index (χ3n) is 5.17. The largest absolute Gasteiger partial charge is 0.497 e. The first-order valence-corrected chi connectivity index (χ1v) is 12.3. The summed E-state index contributed by atoms with van der Waals surface area (Å²) in [5.41, 5.74) is 0.710. The summed E-state index contributed by atoms with van der Waals surface area (Å²) in [6.45, 7) is 1.72. The Balaban J connectivity index is 2.17. The number of hydrogen-bond donors (Lipinski definition) is 1. The molecule has 8 nitrogen and oxygen atoms in total. The molecule has 2 aromatic carbocycles. The number of benzene rings is 2. The Kier molecular flexibility index (Phi) is 9.22. The molecule has 33 heavy (non-hydrogen) atoms. The number of sulfonamides is 1. The van der Waals surface area contributed by atoms with Crippen LogP contribution in [-0.2, 0) is 26.2 Å². The van der Waals surface area contributed by atoms with E-state index >= 15 is 0 Å². The number of methoxy groups -OCH3 is 1. The molecule has 0 aliphatic heterocycles. The number of amides is 2. The topological polar surface area (TPSA) is 96.0 Å². The maximum absolute atomic E-state index is 14.2. The molecular formula is C23H30FN3O5S. The third kappa shape index (κ3) is 7.18. The van der Waals surface area contributed by atoms with E-state index in [1.807, 2.05) is 6.07 Å². The lowest BCUT2D eigenvalue weighted by atomic mass is 10.1. The molecule has 0 aliphatic carbocycles. The standard InChI is InChI=1S/C23H30FN3O5S/c1-17(23(29)25-2)26(16-18-9-7-10-19(15-18)32-3)22(28)13-8-14-27(33(4,30)31)21-12-6-5-11-20(21)24/h5-7,9-12,15,17H,8,13-14,16H2,1-4H3,(H,25,29). The smallest absolute Gasteiger partial charge is 0.242 e. The highest BCUT2D eigenvalue weighted by atomic mass is 32.2. The first-order chi connectivity index (χ1) is 15.6. The van der Waals surface area contributed by atoms with Gasteiger partial charge < -0.3 is 15.0 Å². The van der Waals surface area contributed by atoms with Crippen molar-refractivity contribution in [2.45, 2.75) is 32.4 Å². The Morgan fingerprint density at radius 1 is 1.15 bits per heavy atom. The first kappa shape index (κ1) is 26.1. The highest BCUT2D eigenvalue weighted by Gasteiger charge is 2.26. The van der Waals surface area contributed by atoms with E-state index in [2.05, 4.69) is 5.32 Å². The average molecular weight is 480 g/mol. The van der Waals surface area contributed by atoms with Crippen molar-refractivity contribution in [2.24, 2.45) is 0 Å². The van der Waals surface area contributed by atoms with E-state index in [-0.39, 0.29) is 43.4 Å². The molecule has 0 heterocycles. The van der Waals surface area contributed by atoms with Gasteiger partial charge in [-0.3, -0.25) is 13.9 Å². The summed E-state index contributed by atoms with van der Waals surface area (Å²) in [6.07, 6.45) is 1.12. The van der Waals surface area contributed by atoms with Crippen LogP contribution in [0.15, 0.2) is 48.5 Å². The zero-order valence-electron chi connectivity index (χ0n) is 19.2. The maximum Gasteiger partial charge on any atom is 0.242 e. The number of nitrogens with zero attached hydrogens (tertiary/aromatic N) is 2. The third-order valence-corrected chi connectivity index (χ3v) is 6.35. The second kappa shape index (κ2) is 11.6. The fourth-order valence-corrected chi connectivity index (χ4v) is 4.36. The number of likely N-dealkylation sites (N-methyl/N-ethyl adjacent to an activating group) is 1. The SMILES string of the molecule is CNC(=O)C(C)N(Cc1cccc(OC)c1)C(=O)CCCN(c1ccccc1F)S(C)(=O)=O. The van der Waals surface area contributed by atoms with Gasteiger partial charge in [-0.1, -0.05) is 24.3 Å². The lowest BCUT2D eigenvalue weighted by Crippen LogP contribution is -2.46. The van der Waals surface area contributed by atoms with E-state index in [1.165, 1.54) is 37.3 Å². The van der Waals surface area contributed by atoms with Crippen molar-refractivity contribution in [1.82, 2.24) is 10.2 Å². The molecule has 180 valence electrons. The number of para-hydroxylation sites is 1. The molecule has 0 saturated carbocycles. The molecule has 10 heteroatoms. The molecular weight excluding hydrogens is 449 g/mol. The maximum atomic E-state index is 14.2. The Labute approximate surface area is 194 Å². The van der Waals surface area contributed by atoms with Gasteiger partial charge in [0.15, 0.2) is 0 Å². The van der Waals surface area contributed by atoms with E-state index in [1.54, 1.807) is 31.2 Å². The van der Waals surface area contributed by atoms with Gasteiger partial charge in [0, 0.05) is 26.6 Å². The van der Waals surface area contributed by atoms with Crippen LogP contribution in [0.1, 0.15) is 25.3 Å². The van der Waals surface area contributed by atoms with Crippen molar-refractivity contribution in [3.8, 4) is 5.75 Å². The van der Waals surface area contributed by atoms with E-state index in [4.69, 9.17) is 4.74 Å². The van der Waals surface area contributed by atoms with Crippen LogP contribution in [0.4, 0.5) is 10.1 Å². The molecule has 0 bridgehead atoms. The average Bonchev–Trinajstić information content (AvgIpc) is 2.79. The lowest BCUT2D eigenvalue weighted by molar-refractivity contribution is -0.140. The minimum atomic E-state index is -3.76. The minimum absolute atomic E-state index is 0.0220. The first-order valence-electron chi connectivity index (χ1n) is 10.4. The molecule has 0 aliphatic rings. The van der Waals surface area contributed by atoms with Gasteiger partial charge in [-0.15, -0.1) is 0 Å². The van der Waals surface area contributed by atoms with Crippen molar-refractivity contribution in [3.63, 3.8) is 0 Å². The van der Waals surface area contributed by atoms with Gasteiger partial charge in [0.25, 0.3) is 0 Å². The molecule has 2 amide bonds. The summed E-state index contributed by atoms with van der Waals surface area (Å²) in [4.78, 5) is 26.8. The summed E-state index contributed by atoms with van der Waals surface area (Å²) in [5, 5.41) is 2.54. The normalized spacial score (nSPS) is 12.0. The lowest BCUT2D eigenvalue weighted by Gasteiger charge is -2.29. The van der Waals surface area contributed by atoms with E-state index in [9.17, 15) is 22.4 Å². The van der Waals surface area contributed by atoms with Crippen LogP contribution in [0.3, 0.4) is 0 Å². The Morgan fingerprint density at radius 2 is 1.85 bits per heavy atom. The van der Waals surface area contributed by atoms with Gasteiger partial charge in [0.2, 0.25) is 21.8 Å². The van der Waals surface area contributed by atoms with Gasteiger partial charge in [-0.25, -0.2) is 12.8 Å². The summed E-state index contributed by atoms with van der Waals surface area (Å²) < 4.78 is 44.8. The van der Waals surface area contributed by atoms with Crippen LogP contribution < -0.4 is 14.4 Å². The Bertz CT molecular complexity index is 1080. The summed E-state index contributed by atoms with van der Waals surface area (Å²) >= 11 is 0. The van der Waals surface area contributed by atoms with Crippen LogP contribution in [0.25, 0.3) is 0 Å². The Hall–Kier alpha value is -3.14. The second-order valence-electron chi connectivity index (χ2n) is 7.55. The fourth-order valence-electron chi connectivity index (χ4n) is 3.40. The molecule has 2 aromatic rings. The predicted molar refractivity (Wildman–Crippen MR) is 125 cm³/mol. The predicted octanol–water partition coefficient (Wildman–Crippen LogP) is 2.54. The molecule has 2 rings (SSSR count). The van der Waals surface area contributed by atoms with Crippen LogP contribution >= 0.6 is 0 Å². The van der Waals surface area contributed by atoms with Crippen molar-refractivity contribution >= 4 is 27.5 Å². The van der Waals surface area contributed by atoms with E-state index in [0.717, 1.165) is 16.1 Å². The van der Waals surface area contributed by atoms with Crippen LogP contribution in [0.2, 0.25) is 0 Å². The van der Waals surface area contributed by atoms with Gasteiger partial charge in [-0.05, 0) is 43.2 Å². The second-order valence-corrected chi connectivity index (χ2v) is 9.46. The molecule has 0 spiro atoms. The van der Waals surface area contributed by atoms with Crippen LogP contribution in [0, 0.1) is 5.82 Å². The number of anilines is 1. The van der Waals surface area contributed by atoms with Crippen molar-refractivity contribution in [1.29, 1.82) is 0 Å². The highest BCUT2D eigenvalue weighted by Crippen LogP contribution is 2.22. The Morgan fingerprint density at radius 3 is 2.45 bits per heavy atom.